The fourth-order valence-electron chi connectivity index (χ4n) is 2.38. The molecule has 2 unspecified atom stereocenters. The van der Waals surface area contributed by atoms with Gasteiger partial charge in [-0.3, -0.25) is 0 Å². The lowest BCUT2D eigenvalue weighted by Gasteiger charge is -2.25. The van der Waals surface area contributed by atoms with E-state index in [1.807, 2.05) is 0 Å². The summed E-state index contributed by atoms with van der Waals surface area (Å²) >= 11 is 0. The van der Waals surface area contributed by atoms with E-state index in [0.29, 0.717) is 11.6 Å². The summed E-state index contributed by atoms with van der Waals surface area (Å²) in [5.41, 5.74) is 0.864. The molecule has 2 atom stereocenters. The molecule has 2 rings (SSSR count). The second-order valence-corrected chi connectivity index (χ2v) is 4.39. The van der Waals surface area contributed by atoms with Crippen LogP contribution in [-0.2, 0) is 0 Å². The number of carboxylic acids is 1. The van der Waals surface area contributed by atoms with Crippen molar-refractivity contribution in [2.45, 2.75) is 38.5 Å². The molecule has 15 heavy (non-hydrogen) atoms. The van der Waals surface area contributed by atoms with Crippen LogP contribution in [0.25, 0.3) is 0 Å². The third-order valence-electron chi connectivity index (χ3n) is 3.15. The van der Waals surface area contributed by atoms with E-state index in [1.165, 1.54) is 12.7 Å². The molecule has 1 heterocycles. The Labute approximate surface area is 88.3 Å². The van der Waals surface area contributed by atoms with Crippen molar-refractivity contribution in [3.05, 3.63) is 17.5 Å². The highest BCUT2D eigenvalue weighted by molar-refractivity contribution is 5.88. The van der Waals surface area contributed by atoms with E-state index in [-0.39, 0.29) is 11.5 Å². The first-order valence-corrected chi connectivity index (χ1v) is 5.36. The van der Waals surface area contributed by atoms with Gasteiger partial charge in [0, 0.05) is 5.92 Å². The first-order chi connectivity index (χ1) is 7.18. The Balaban J connectivity index is 2.21. The Bertz CT molecular complexity index is 358. The van der Waals surface area contributed by atoms with E-state index in [9.17, 15) is 4.79 Å². The molecule has 4 nitrogen and oxygen atoms in total. The molecule has 0 amide bonds. The molecule has 0 aromatic carbocycles. The average molecular weight is 209 g/mol. The summed E-state index contributed by atoms with van der Waals surface area (Å²) in [6.45, 7) is 2.20. The van der Waals surface area contributed by atoms with Crippen LogP contribution in [0, 0.1) is 5.92 Å². The lowest BCUT2D eigenvalue weighted by atomic mass is 9.80. The van der Waals surface area contributed by atoms with E-state index < -0.39 is 5.97 Å². The maximum atomic E-state index is 10.9. The fourth-order valence-corrected chi connectivity index (χ4v) is 2.38. The molecule has 4 heteroatoms. The lowest BCUT2D eigenvalue weighted by molar-refractivity contribution is 0.0694. The molecule has 1 N–H and O–H groups in total. The molecule has 1 aliphatic rings. The van der Waals surface area contributed by atoms with E-state index in [4.69, 9.17) is 9.63 Å². The molecule has 82 valence electrons. The SMILES string of the molecule is CC1CCCC(c2nocc2C(=O)O)C1. The summed E-state index contributed by atoms with van der Waals surface area (Å²) < 4.78 is 4.76. The van der Waals surface area contributed by atoms with Gasteiger partial charge in [-0.25, -0.2) is 4.79 Å². The normalized spacial score (nSPS) is 26.5. The predicted octanol–water partition coefficient (Wildman–Crippen LogP) is 2.67. The Morgan fingerprint density at radius 1 is 1.60 bits per heavy atom. The van der Waals surface area contributed by atoms with Crippen molar-refractivity contribution in [1.29, 1.82) is 0 Å². The highest BCUT2D eigenvalue weighted by Crippen LogP contribution is 2.36. The number of aromatic nitrogens is 1. The fraction of sp³-hybridized carbons (Fsp3) is 0.636. The second-order valence-electron chi connectivity index (χ2n) is 4.39. The number of nitrogens with zero attached hydrogens (tertiary/aromatic N) is 1. The highest BCUT2D eigenvalue weighted by Gasteiger charge is 2.27. The molecule has 0 saturated heterocycles. The molecular weight excluding hydrogens is 194 g/mol. The van der Waals surface area contributed by atoms with E-state index in [0.717, 1.165) is 19.3 Å². The van der Waals surface area contributed by atoms with E-state index >= 15 is 0 Å². The van der Waals surface area contributed by atoms with Gasteiger partial charge in [0.05, 0.1) is 0 Å². The summed E-state index contributed by atoms with van der Waals surface area (Å²) in [5, 5.41) is 12.8. The van der Waals surface area contributed by atoms with E-state index in [2.05, 4.69) is 12.1 Å². The zero-order valence-corrected chi connectivity index (χ0v) is 8.77. The van der Waals surface area contributed by atoms with Gasteiger partial charge in [-0.1, -0.05) is 24.9 Å². The number of rotatable bonds is 2. The molecule has 1 fully saturated rings. The minimum atomic E-state index is -0.940. The standard InChI is InChI=1S/C11H15NO3/c1-7-3-2-4-8(5-7)10-9(11(13)14)6-15-12-10/h6-8H,2-5H2,1H3,(H,13,14). The van der Waals surface area contributed by atoms with Crippen molar-refractivity contribution in [2.24, 2.45) is 5.92 Å². The molecule has 0 bridgehead atoms. The van der Waals surface area contributed by atoms with E-state index in [1.54, 1.807) is 0 Å². The van der Waals surface area contributed by atoms with Gasteiger partial charge in [-0.2, -0.15) is 0 Å². The minimum absolute atomic E-state index is 0.231. The third-order valence-corrected chi connectivity index (χ3v) is 3.15. The van der Waals surface area contributed by atoms with Crippen molar-refractivity contribution in [2.75, 3.05) is 0 Å². The van der Waals surface area contributed by atoms with Gasteiger partial charge in [0.1, 0.15) is 17.5 Å². The summed E-state index contributed by atoms with van der Waals surface area (Å²) in [6.07, 6.45) is 5.66. The maximum Gasteiger partial charge on any atom is 0.340 e. The van der Waals surface area contributed by atoms with Crippen LogP contribution < -0.4 is 0 Å². The van der Waals surface area contributed by atoms with Crippen molar-refractivity contribution in [3.8, 4) is 0 Å². The Kier molecular flexibility index (Phi) is 2.75. The smallest absolute Gasteiger partial charge is 0.340 e. The molecule has 1 aliphatic carbocycles. The highest BCUT2D eigenvalue weighted by atomic mass is 16.5. The van der Waals surface area contributed by atoms with Gasteiger partial charge in [-0.05, 0) is 18.8 Å². The molecule has 1 aromatic rings. The predicted molar refractivity (Wildman–Crippen MR) is 53.8 cm³/mol. The zero-order chi connectivity index (χ0) is 10.8. The number of carboxylic acid groups (broad SMARTS) is 1. The van der Waals surface area contributed by atoms with Gasteiger partial charge in [0.2, 0.25) is 0 Å². The van der Waals surface area contributed by atoms with Crippen LogP contribution in [0.2, 0.25) is 0 Å². The largest absolute Gasteiger partial charge is 0.478 e. The molecule has 1 aromatic heterocycles. The Morgan fingerprint density at radius 2 is 2.40 bits per heavy atom. The second kappa shape index (κ2) is 4.04. The van der Waals surface area contributed by atoms with Gasteiger partial charge >= 0.3 is 5.97 Å². The van der Waals surface area contributed by atoms with Crippen LogP contribution in [0.5, 0.6) is 0 Å². The van der Waals surface area contributed by atoms with Gasteiger partial charge in [0.15, 0.2) is 0 Å². The van der Waals surface area contributed by atoms with Crippen LogP contribution in [0.4, 0.5) is 0 Å². The molecule has 0 aliphatic heterocycles. The average Bonchev–Trinajstić information content (AvgIpc) is 2.65. The van der Waals surface area contributed by atoms with Gasteiger partial charge in [0.25, 0.3) is 0 Å². The Hall–Kier alpha value is -1.32. The first kappa shape index (κ1) is 10.2. The summed E-state index contributed by atoms with van der Waals surface area (Å²) in [7, 11) is 0. The summed E-state index contributed by atoms with van der Waals surface area (Å²) in [5.74, 6) is -0.0230. The van der Waals surface area contributed by atoms with Crippen LogP contribution in [0.3, 0.4) is 0 Å². The number of hydrogen-bond donors (Lipinski definition) is 1. The van der Waals surface area contributed by atoms with Crippen LogP contribution in [-0.4, -0.2) is 16.2 Å². The quantitative estimate of drug-likeness (QED) is 0.813. The monoisotopic (exact) mass is 209 g/mol. The first-order valence-electron chi connectivity index (χ1n) is 5.36. The molecule has 1 saturated carbocycles. The van der Waals surface area contributed by atoms with Crippen LogP contribution in [0.15, 0.2) is 10.8 Å². The molecule has 0 radical (unpaired) electrons. The summed E-state index contributed by atoms with van der Waals surface area (Å²) in [6, 6.07) is 0. The maximum absolute atomic E-state index is 10.9. The van der Waals surface area contributed by atoms with Crippen LogP contribution in [0.1, 0.15) is 54.6 Å². The number of hydrogen-bond acceptors (Lipinski definition) is 3. The van der Waals surface area contributed by atoms with Gasteiger partial charge < -0.3 is 9.63 Å². The topological polar surface area (TPSA) is 63.3 Å². The van der Waals surface area contributed by atoms with Crippen molar-refractivity contribution < 1.29 is 14.4 Å². The number of aromatic carboxylic acids is 1. The molecule has 0 spiro atoms. The van der Waals surface area contributed by atoms with Crippen molar-refractivity contribution in [3.63, 3.8) is 0 Å². The van der Waals surface area contributed by atoms with Gasteiger partial charge in [-0.15, -0.1) is 0 Å². The third kappa shape index (κ3) is 2.03. The minimum Gasteiger partial charge on any atom is -0.478 e. The lowest BCUT2D eigenvalue weighted by Crippen LogP contribution is -2.14. The molecular formula is C11H15NO3. The Morgan fingerprint density at radius 3 is 3.07 bits per heavy atom. The summed E-state index contributed by atoms with van der Waals surface area (Å²) in [4.78, 5) is 10.9. The zero-order valence-electron chi connectivity index (χ0n) is 8.77. The number of carbonyl (C=O) groups is 1. The van der Waals surface area contributed by atoms with Crippen molar-refractivity contribution in [1.82, 2.24) is 5.16 Å². The van der Waals surface area contributed by atoms with Crippen molar-refractivity contribution >= 4 is 5.97 Å². The van der Waals surface area contributed by atoms with Crippen LogP contribution >= 0.6 is 0 Å².